The van der Waals surface area contributed by atoms with Crippen molar-refractivity contribution in [3.63, 3.8) is 0 Å². The van der Waals surface area contributed by atoms with Gasteiger partial charge in [-0.2, -0.15) is 0 Å². The number of benzene rings is 2. The first-order chi connectivity index (χ1) is 14.3. The van der Waals surface area contributed by atoms with E-state index >= 15 is 0 Å². The van der Waals surface area contributed by atoms with Crippen molar-refractivity contribution in [2.75, 3.05) is 31.6 Å². The number of amides is 1. The van der Waals surface area contributed by atoms with E-state index in [1.54, 1.807) is 12.1 Å². The quantitative estimate of drug-likeness (QED) is 0.657. The van der Waals surface area contributed by atoms with Crippen LogP contribution < -0.4 is 14.8 Å². The number of carbonyl (C=O) groups excluding carboxylic acids is 1. The van der Waals surface area contributed by atoms with E-state index in [2.05, 4.69) is 5.32 Å². The van der Waals surface area contributed by atoms with Crippen LogP contribution in [0.15, 0.2) is 36.4 Å². The lowest BCUT2D eigenvalue weighted by Crippen LogP contribution is -2.35. The van der Waals surface area contributed by atoms with E-state index in [0.29, 0.717) is 18.1 Å². The maximum atomic E-state index is 13.5. The first-order valence-electron chi connectivity index (χ1n) is 9.52. The van der Waals surface area contributed by atoms with Crippen molar-refractivity contribution >= 4 is 23.2 Å². The molecule has 0 saturated carbocycles. The maximum Gasteiger partial charge on any atom is 0.221 e. The Kier molecular flexibility index (Phi) is 7.47. The molecule has 0 spiro atoms. The van der Waals surface area contributed by atoms with Gasteiger partial charge in [0.25, 0.3) is 0 Å². The van der Waals surface area contributed by atoms with Crippen molar-refractivity contribution < 1.29 is 28.2 Å². The average molecular weight is 441 g/mol. The molecular formula is C21H23ClF2N2O4. The van der Waals surface area contributed by atoms with Crippen LogP contribution in [-0.2, 0) is 4.79 Å². The van der Waals surface area contributed by atoms with Crippen LogP contribution >= 0.6 is 11.6 Å². The minimum Gasteiger partial charge on any atom is -0.489 e. The van der Waals surface area contributed by atoms with E-state index in [1.807, 2.05) is 17.0 Å². The number of aliphatic hydroxyl groups excluding tert-OH is 1. The number of likely N-dealkylation sites (tertiary alicyclic amines) is 1. The molecule has 0 radical (unpaired) electrons. The van der Waals surface area contributed by atoms with Crippen molar-refractivity contribution in [3.8, 4) is 11.5 Å². The van der Waals surface area contributed by atoms with Crippen molar-refractivity contribution in [1.82, 2.24) is 4.90 Å². The van der Waals surface area contributed by atoms with Crippen molar-refractivity contribution in [2.45, 2.75) is 25.6 Å². The Balaban J connectivity index is 1.49. The highest BCUT2D eigenvalue weighted by Gasteiger charge is 2.26. The maximum absolute atomic E-state index is 13.5. The summed E-state index contributed by atoms with van der Waals surface area (Å²) in [6.45, 7) is 2.83. The lowest BCUT2D eigenvalue weighted by molar-refractivity contribution is -0.114. The number of rotatable bonds is 8. The molecule has 1 aliphatic heterocycles. The third-order valence-corrected chi connectivity index (χ3v) is 4.83. The lowest BCUT2D eigenvalue weighted by Gasteiger charge is -2.21. The van der Waals surface area contributed by atoms with Crippen molar-refractivity contribution in [2.24, 2.45) is 0 Å². The lowest BCUT2D eigenvalue weighted by atomic mass is 10.2. The zero-order valence-corrected chi connectivity index (χ0v) is 17.2. The van der Waals surface area contributed by atoms with Gasteiger partial charge >= 0.3 is 0 Å². The molecule has 1 amide bonds. The minimum absolute atomic E-state index is 0.00291. The molecule has 2 unspecified atom stereocenters. The van der Waals surface area contributed by atoms with Gasteiger partial charge in [-0.05, 0) is 30.7 Å². The van der Waals surface area contributed by atoms with Gasteiger partial charge < -0.3 is 19.9 Å². The van der Waals surface area contributed by atoms with Crippen LogP contribution in [0.5, 0.6) is 11.5 Å². The van der Waals surface area contributed by atoms with Gasteiger partial charge in [0, 0.05) is 43.7 Å². The number of hydrogen-bond acceptors (Lipinski definition) is 5. The molecular weight excluding hydrogens is 418 g/mol. The van der Waals surface area contributed by atoms with Crippen molar-refractivity contribution in [1.29, 1.82) is 0 Å². The second-order valence-corrected chi connectivity index (χ2v) is 7.59. The fourth-order valence-electron chi connectivity index (χ4n) is 3.24. The second kappa shape index (κ2) is 10.1. The number of hydrogen-bond donors (Lipinski definition) is 2. The zero-order chi connectivity index (χ0) is 21.7. The number of ether oxygens (including phenoxy) is 2. The number of carbonyl (C=O) groups is 1. The highest BCUT2D eigenvalue weighted by molar-refractivity contribution is 6.30. The van der Waals surface area contributed by atoms with E-state index in [0.717, 1.165) is 30.8 Å². The molecule has 2 aromatic carbocycles. The van der Waals surface area contributed by atoms with Gasteiger partial charge in [0.2, 0.25) is 5.91 Å². The summed E-state index contributed by atoms with van der Waals surface area (Å²) in [6, 6.07) is 8.83. The molecule has 0 bridgehead atoms. The molecule has 9 heteroatoms. The molecule has 0 aromatic heterocycles. The third-order valence-electron chi connectivity index (χ3n) is 4.58. The zero-order valence-electron chi connectivity index (χ0n) is 16.4. The van der Waals surface area contributed by atoms with E-state index in [9.17, 15) is 18.7 Å². The largest absolute Gasteiger partial charge is 0.489 e. The molecule has 2 atom stereocenters. The van der Waals surface area contributed by atoms with Gasteiger partial charge in [0.15, 0.2) is 11.6 Å². The van der Waals surface area contributed by atoms with E-state index in [4.69, 9.17) is 21.1 Å². The van der Waals surface area contributed by atoms with Gasteiger partial charge in [0.1, 0.15) is 30.3 Å². The number of anilines is 1. The summed E-state index contributed by atoms with van der Waals surface area (Å²) in [7, 11) is 0. The Bertz CT molecular complexity index is 882. The number of halogens is 3. The molecule has 0 aliphatic carbocycles. The first kappa shape index (κ1) is 22.3. The van der Waals surface area contributed by atoms with Crippen LogP contribution in [0.4, 0.5) is 14.5 Å². The standard InChI is InChI=1S/C21H23ClF2N2O4/c1-13(27)25-20-8-18(23)19(24)9-21(20)29-12-15(28)10-26-7-6-17(11-26)30-16-4-2-14(22)3-5-16/h2-5,8-9,15,17,28H,6-7,10-12H2,1H3,(H,25,27). The summed E-state index contributed by atoms with van der Waals surface area (Å²) < 4.78 is 38.3. The average Bonchev–Trinajstić information content (AvgIpc) is 3.11. The number of nitrogens with one attached hydrogen (secondary N) is 1. The predicted molar refractivity (Wildman–Crippen MR) is 109 cm³/mol. The van der Waals surface area contributed by atoms with Gasteiger partial charge in [-0.1, -0.05) is 11.6 Å². The SMILES string of the molecule is CC(=O)Nc1cc(F)c(F)cc1OCC(O)CN1CCC(Oc2ccc(Cl)cc2)C1. The van der Waals surface area contributed by atoms with Gasteiger partial charge in [-0.25, -0.2) is 8.78 Å². The molecule has 2 aromatic rings. The van der Waals surface area contributed by atoms with Gasteiger partial charge in [0.05, 0.1) is 5.69 Å². The summed E-state index contributed by atoms with van der Waals surface area (Å²) >= 11 is 5.87. The van der Waals surface area contributed by atoms with Gasteiger partial charge in [-0.3, -0.25) is 9.69 Å². The van der Waals surface area contributed by atoms with Crippen LogP contribution in [0.1, 0.15) is 13.3 Å². The topological polar surface area (TPSA) is 71.0 Å². The van der Waals surface area contributed by atoms with Crippen LogP contribution in [0.3, 0.4) is 0 Å². The molecule has 1 aliphatic rings. The second-order valence-electron chi connectivity index (χ2n) is 7.15. The Morgan fingerprint density at radius 3 is 2.70 bits per heavy atom. The third kappa shape index (κ3) is 6.29. The molecule has 30 heavy (non-hydrogen) atoms. The molecule has 1 heterocycles. The number of β-amino-alcohol motifs (C(OH)–C–C–N with tert-alkyl or cyclic N) is 1. The van der Waals surface area contributed by atoms with Crippen LogP contribution in [0, 0.1) is 11.6 Å². The van der Waals surface area contributed by atoms with Gasteiger partial charge in [-0.15, -0.1) is 0 Å². The highest BCUT2D eigenvalue weighted by Crippen LogP contribution is 2.28. The number of nitrogens with zero attached hydrogens (tertiary/aromatic N) is 1. The fourth-order valence-corrected chi connectivity index (χ4v) is 3.36. The van der Waals surface area contributed by atoms with Crippen molar-refractivity contribution in [3.05, 3.63) is 53.1 Å². The summed E-state index contributed by atoms with van der Waals surface area (Å²) in [5.74, 6) is -1.96. The molecule has 162 valence electrons. The van der Waals surface area contributed by atoms with Crippen LogP contribution in [-0.4, -0.2) is 54.4 Å². The van der Waals surface area contributed by atoms with E-state index in [-0.39, 0.29) is 24.1 Å². The molecule has 1 saturated heterocycles. The monoisotopic (exact) mass is 440 g/mol. The first-order valence-corrected chi connectivity index (χ1v) is 9.90. The summed E-state index contributed by atoms with van der Waals surface area (Å²) in [5.41, 5.74) is 0.00574. The minimum atomic E-state index is -1.10. The molecule has 2 N–H and O–H groups in total. The summed E-state index contributed by atoms with van der Waals surface area (Å²) in [6.07, 6.45) is -0.0547. The Hall–Kier alpha value is -2.42. The number of aliphatic hydroxyl groups is 1. The normalized spacial score (nSPS) is 17.6. The summed E-state index contributed by atoms with van der Waals surface area (Å²) in [4.78, 5) is 13.3. The van der Waals surface area contributed by atoms with E-state index < -0.39 is 23.6 Å². The Morgan fingerprint density at radius 1 is 1.30 bits per heavy atom. The molecule has 3 rings (SSSR count). The van der Waals surface area contributed by atoms with E-state index in [1.165, 1.54) is 6.92 Å². The van der Waals surface area contributed by atoms with Crippen LogP contribution in [0.2, 0.25) is 5.02 Å². The fraction of sp³-hybridized carbons (Fsp3) is 0.381. The predicted octanol–water partition coefficient (Wildman–Crippen LogP) is 3.47. The smallest absolute Gasteiger partial charge is 0.221 e. The Labute approximate surface area is 178 Å². The highest BCUT2D eigenvalue weighted by atomic mass is 35.5. The summed E-state index contributed by atoms with van der Waals surface area (Å²) in [5, 5.41) is 13.3. The Morgan fingerprint density at radius 2 is 2.00 bits per heavy atom. The molecule has 6 nitrogen and oxygen atoms in total. The van der Waals surface area contributed by atoms with Crippen LogP contribution in [0.25, 0.3) is 0 Å². The molecule has 1 fully saturated rings.